The second kappa shape index (κ2) is 8.25. The van der Waals surface area contributed by atoms with Gasteiger partial charge in [0.1, 0.15) is 18.0 Å². The molecule has 0 radical (unpaired) electrons. The Bertz CT molecular complexity index is 789. The van der Waals surface area contributed by atoms with Crippen molar-refractivity contribution >= 4 is 17.3 Å². The summed E-state index contributed by atoms with van der Waals surface area (Å²) in [6.07, 6.45) is 0. The van der Waals surface area contributed by atoms with Gasteiger partial charge >= 0.3 is 0 Å². The maximum Gasteiger partial charge on any atom is 0.296 e. The van der Waals surface area contributed by atoms with E-state index in [9.17, 15) is 14.9 Å². The summed E-state index contributed by atoms with van der Waals surface area (Å²) < 4.78 is 10.4. The summed E-state index contributed by atoms with van der Waals surface area (Å²) in [4.78, 5) is 22.5. The summed E-state index contributed by atoms with van der Waals surface area (Å²) in [6, 6.07) is 10.2. The van der Waals surface area contributed by atoms with Crippen molar-refractivity contribution in [2.24, 2.45) is 0 Å². The van der Waals surface area contributed by atoms with Gasteiger partial charge in [-0.2, -0.15) is 0 Å². The Morgan fingerprint density at radius 2 is 1.96 bits per heavy atom. The third-order valence-corrected chi connectivity index (χ3v) is 3.66. The minimum absolute atomic E-state index is 0.103. The maximum absolute atomic E-state index is 12.0. The van der Waals surface area contributed by atoms with Crippen LogP contribution in [0.1, 0.15) is 16.7 Å². The molecule has 0 spiro atoms. The predicted octanol–water partition coefficient (Wildman–Crippen LogP) is 3.38. The zero-order valence-electron chi connectivity index (χ0n) is 14.4. The molecule has 2 aromatic carbocycles. The van der Waals surface area contributed by atoms with Crippen LogP contribution in [0, 0.1) is 24.0 Å². The predicted molar refractivity (Wildman–Crippen MR) is 93.9 cm³/mol. The molecule has 25 heavy (non-hydrogen) atoms. The lowest BCUT2D eigenvalue weighted by Gasteiger charge is -2.09. The lowest BCUT2D eigenvalue weighted by Crippen LogP contribution is -2.19. The number of ether oxygens (including phenoxy) is 2. The molecule has 0 heterocycles. The fraction of sp³-hybridized carbons (Fsp3) is 0.278. The molecule has 0 aliphatic heterocycles. The molecule has 0 fully saturated rings. The fourth-order valence-corrected chi connectivity index (χ4v) is 2.34. The van der Waals surface area contributed by atoms with E-state index < -0.39 is 10.8 Å². The number of carbonyl (C=O) groups excluding carboxylic acids is 1. The van der Waals surface area contributed by atoms with Crippen molar-refractivity contribution in [3.63, 3.8) is 0 Å². The second-order valence-electron chi connectivity index (χ2n) is 5.61. The number of nitro groups is 1. The average molecular weight is 344 g/mol. The van der Waals surface area contributed by atoms with Gasteiger partial charge in [0.15, 0.2) is 0 Å². The zero-order chi connectivity index (χ0) is 18.4. The van der Waals surface area contributed by atoms with Crippen LogP contribution in [0.3, 0.4) is 0 Å². The van der Waals surface area contributed by atoms with E-state index in [1.807, 2.05) is 32.0 Å². The fourth-order valence-electron chi connectivity index (χ4n) is 2.34. The van der Waals surface area contributed by atoms with Gasteiger partial charge in [0, 0.05) is 0 Å². The molecule has 2 aromatic rings. The Morgan fingerprint density at radius 3 is 2.60 bits per heavy atom. The number of methoxy groups -OCH3 is 1. The number of hydrogen-bond donors (Lipinski definition) is 1. The molecule has 1 amide bonds. The molecule has 132 valence electrons. The van der Waals surface area contributed by atoms with Crippen LogP contribution in [-0.4, -0.2) is 24.5 Å². The molecule has 0 unspecified atom stereocenters. The summed E-state index contributed by atoms with van der Waals surface area (Å²) in [6.45, 7) is 4.08. The number of aryl methyl sites for hydroxylation is 2. The van der Waals surface area contributed by atoms with Crippen molar-refractivity contribution in [1.82, 2.24) is 0 Å². The molecule has 0 bridgehead atoms. The summed E-state index contributed by atoms with van der Waals surface area (Å²) in [5.41, 5.74) is 3.11. The quantitative estimate of drug-likeness (QED) is 0.614. The summed E-state index contributed by atoms with van der Waals surface area (Å²) in [5.74, 6) is -0.117. The van der Waals surface area contributed by atoms with Crippen LogP contribution in [0.15, 0.2) is 36.4 Å². The van der Waals surface area contributed by atoms with Crippen molar-refractivity contribution in [2.75, 3.05) is 19.0 Å². The first-order chi connectivity index (χ1) is 11.9. The third kappa shape index (κ3) is 5.02. The van der Waals surface area contributed by atoms with Gasteiger partial charge in [-0.1, -0.05) is 23.8 Å². The highest BCUT2D eigenvalue weighted by molar-refractivity contribution is 5.94. The Kier molecular flexibility index (Phi) is 6.08. The lowest BCUT2D eigenvalue weighted by atomic mass is 10.1. The number of carbonyl (C=O) groups is 1. The van der Waals surface area contributed by atoms with Crippen LogP contribution in [0.25, 0.3) is 0 Å². The largest absolute Gasteiger partial charge is 0.496 e. The third-order valence-electron chi connectivity index (χ3n) is 3.66. The number of amides is 1. The smallest absolute Gasteiger partial charge is 0.296 e. The molecular weight excluding hydrogens is 324 g/mol. The number of nitro benzene ring substituents is 1. The number of nitrogens with one attached hydrogen (secondary N) is 1. The monoisotopic (exact) mass is 344 g/mol. The molecule has 0 aromatic heterocycles. The topological polar surface area (TPSA) is 90.7 Å². The van der Waals surface area contributed by atoms with E-state index in [4.69, 9.17) is 9.47 Å². The van der Waals surface area contributed by atoms with E-state index in [1.165, 1.54) is 19.2 Å². The van der Waals surface area contributed by atoms with Crippen LogP contribution in [0.5, 0.6) is 5.75 Å². The molecule has 0 aliphatic rings. The van der Waals surface area contributed by atoms with E-state index in [0.29, 0.717) is 12.4 Å². The van der Waals surface area contributed by atoms with Gasteiger partial charge in [-0.25, -0.2) is 0 Å². The number of nitrogens with zero attached hydrogens (tertiary/aromatic N) is 1. The van der Waals surface area contributed by atoms with Gasteiger partial charge in [-0.05, 0) is 37.1 Å². The number of anilines is 1. The van der Waals surface area contributed by atoms with Gasteiger partial charge in [0.25, 0.3) is 11.6 Å². The minimum Gasteiger partial charge on any atom is -0.496 e. The van der Waals surface area contributed by atoms with Crippen LogP contribution >= 0.6 is 0 Å². The van der Waals surface area contributed by atoms with E-state index in [2.05, 4.69) is 5.32 Å². The molecule has 0 saturated heterocycles. The van der Waals surface area contributed by atoms with E-state index in [0.717, 1.165) is 16.7 Å². The molecule has 2 rings (SSSR count). The van der Waals surface area contributed by atoms with Gasteiger partial charge in [0.05, 0.1) is 24.7 Å². The second-order valence-corrected chi connectivity index (χ2v) is 5.61. The first kappa shape index (κ1) is 18.4. The maximum atomic E-state index is 12.0. The molecule has 0 atom stereocenters. The standard InChI is InChI=1S/C18H20N2O5/c1-12-4-5-14(13(2)8-12)10-25-11-18(21)19-16-7-6-15(24-3)9-17(16)20(22)23/h4-9H,10-11H2,1-3H3,(H,19,21). The van der Waals surface area contributed by atoms with Crippen LogP contribution in [0.2, 0.25) is 0 Å². The highest BCUT2D eigenvalue weighted by atomic mass is 16.6. The lowest BCUT2D eigenvalue weighted by molar-refractivity contribution is -0.384. The number of hydrogen-bond acceptors (Lipinski definition) is 5. The SMILES string of the molecule is COc1ccc(NC(=O)COCc2ccc(C)cc2C)c([N+](=O)[O-])c1. The van der Waals surface area contributed by atoms with Crippen molar-refractivity contribution in [3.8, 4) is 5.75 Å². The zero-order valence-corrected chi connectivity index (χ0v) is 14.4. The molecule has 0 aliphatic carbocycles. The van der Waals surface area contributed by atoms with Crippen LogP contribution in [0.4, 0.5) is 11.4 Å². The number of rotatable bonds is 7. The Morgan fingerprint density at radius 1 is 1.20 bits per heavy atom. The highest BCUT2D eigenvalue weighted by Crippen LogP contribution is 2.28. The Hall–Kier alpha value is -2.93. The summed E-state index contributed by atoms with van der Waals surface area (Å²) in [5, 5.41) is 13.6. The molecule has 0 saturated carbocycles. The van der Waals surface area contributed by atoms with Gasteiger partial charge < -0.3 is 14.8 Å². The number of benzene rings is 2. The van der Waals surface area contributed by atoms with Crippen molar-refractivity contribution < 1.29 is 19.2 Å². The van der Waals surface area contributed by atoms with Crippen molar-refractivity contribution in [1.29, 1.82) is 0 Å². The van der Waals surface area contributed by atoms with Crippen LogP contribution < -0.4 is 10.1 Å². The van der Waals surface area contributed by atoms with Crippen molar-refractivity contribution in [2.45, 2.75) is 20.5 Å². The Balaban J connectivity index is 1.95. The summed E-state index contributed by atoms with van der Waals surface area (Å²) in [7, 11) is 1.41. The van der Waals surface area contributed by atoms with Gasteiger partial charge in [-0.3, -0.25) is 14.9 Å². The first-order valence-electron chi connectivity index (χ1n) is 7.67. The molecule has 7 heteroatoms. The van der Waals surface area contributed by atoms with E-state index >= 15 is 0 Å². The van der Waals surface area contributed by atoms with Crippen LogP contribution in [-0.2, 0) is 16.1 Å². The van der Waals surface area contributed by atoms with Gasteiger partial charge in [-0.15, -0.1) is 0 Å². The molecule has 1 N–H and O–H groups in total. The summed E-state index contributed by atoms with van der Waals surface area (Å²) >= 11 is 0. The van der Waals surface area contributed by atoms with Gasteiger partial charge in [0.2, 0.25) is 0 Å². The van der Waals surface area contributed by atoms with E-state index in [-0.39, 0.29) is 18.0 Å². The van der Waals surface area contributed by atoms with Crippen molar-refractivity contribution in [3.05, 3.63) is 63.2 Å². The van der Waals surface area contributed by atoms with E-state index in [1.54, 1.807) is 6.07 Å². The average Bonchev–Trinajstić information content (AvgIpc) is 2.57. The first-order valence-corrected chi connectivity index (χ1v) is 7.67. The molecule has 7 nitrogen and oxygen atoms in total. The highest BCUT2D eigenvalue weighted by Gasteiger charge is 2.17. The molecular formula is C18H20N2O5. The minimum atomic E-state index is -0.575. The normalized spacial score (nSPS) is 10.4. The Labute approximate surface area is 145 Å².